The fraction of sp³-hybridized carbons (Fsp3) is 0.333. The van der Waals surface area contributed by atoms with Crippen molar-refractivity contribution >= 4 is 18.4 Å². The Hall–Kier alpha value is -1.91. The number of phenolic OH excluding ortho intramolecular Hbond substituents is 1. The van der Waals surface area contributed by atoms with Gasteiger partial charge in [0.05, 0.1) is 12.2 Å². The molecule has 20 heavy (non-hydrogen) atoms. The summed E-state index contributed by atoms with van der Waals surface area (Å²) in [7, 11) is 0. The van der Waals surface area contributed by atoms with E-state index in [1.165, 1.54) is 19.1 Å². The smallest absolute Gasteiger partial charge is 0.379 e. The average molecular weight is 307 g/mol. The summed E-state index contributed by atoms with van der Waals surface area (Å²) < 4.78 is 31.6. The van der Waals surface area contributed by atoms with E-state index in [-0.39, 0.29) is 24.6 Å². The van der Waals surface area contributed by atoms with E-state index in [9.17, 15) is 18.7 Å². The van der Waals surface area contributed by atoms with Crippen LogP contribution in [-0.4, -0.2) is 23.6 Å². The summed E-state index contributed by atoms with van der Waals surface area (Å²) in [6.45, 7) is 1.17. The van der Waals surface area contributed by atoms with Crippen LogP contribution in [0.1, 0.15) is 24.1 Å². The lowest BCUT2D eigenvalue weighted by Crippen LogP contribution is -2.41. The van der Waals surface area contributed by atoms with E-state index in [2.05, 4.69) is 4.74 Å². The lowest BCUT2D eigenvalue weighted by molar-refractivity contribution is -0.174. The lowest BCUT2D eigenvalue weighted by atomic mass is 9.98. The number of halogens is 3. The van der Waals surface area contributed by atoms with Gasteiger partial charge in [0.25, 0.3) is 0 Å². The second-order valence-electron chi connectivity index (χ2n) is 3.68. The summed E-state index contributed by atoms with van der Waals surface area (Å²) in [6.07, 6.45) is 0. The Labute approximate surface area is 120 Å². The molecule has 1 rings (SSSR count). The lowest BCUT2D eigenvalue weighted by Gasteiger charge is -2.22. The first kappa shape index (κ1) is 18.1. The highest BCUT2D eigenvalue weighted by molar-refractivity contribution is 5.85. The zero-order valence-electron chi connectivity index (χ0n) is 10.5. The SMILES string of the molecule is CCOC(=O)C(F)(F)[C@@H](N)c1cccc(C#N)c1O.Cl. The zero-order chi connectivity index (χ0) is 14.6. The molecule has 8 heteroatoms. The molecule has 3 N–H and O–H groups in total. The van der Waals surface area contributed by atoms with Crippen molar-refractivity contribution in [1.29, 1.82) is 5.26 Å². The number of nitrogens with two attached hydrogens (primary N) is 1. The highest BCUT2D eigenvalue weighted by Gasteiger charge is 2.48. The topological polar surface area (TPSA) is 96.3 Å². The summed E-state index contributed by atoms with van der Waals surface area (Å²) in [5, 5.41) is 18.3. The fourth-order valence-electron chi connectivity index (χ4n) is 1.45. The van der Waals surface area contributed by atoms with E-state index < -0.39 is 29.2 Å². The molecule has 0 fully saturated rings. The summed E-state index contributed by atoms with van der Waals surface area (Å²) in [5.74, 6) is -6.44. The van der Waals surface area contributed by atoms with Gasteiger partial charge in [0, 0.05) is 5.56 Å². The van der Waals surface area contributed by atoms with Crippen LogP contribution in [0.25, 0.3) is 0 Å². The van der Waals surface area contributed by atoms with Gasteiger partial charge in [-0.15, -0.1) is 12.4 Å². The second kappa shape index (κ2) is 7.03. The van der Waals surface area contributed by atoms with Gasteiger partial charge < -0.3 is 15.6 Å². The third-order valence-electron chi connectivity index (χ3n) is 2.46. The number of aromatic hydroxyl groups is 1. The first-order valence-corrected chi connectivity index (χ1v) is 5.38. The van der Waals surface area contributed by atoms with Crippen LogP contribution in [0, 0.1) is 11.3 Å². The Morgan fingerprint density at radius 1 is 1.60 bits per heavy atom. The van der Waals surface area contributed by atoms with Crippen molar-refractivity contribution in [3.63, 3.8) is 0 Å². The van der Waals surface area contributed by atoms with E-state index in [1.54, 1.807) is 6.07 Å². The number of ether oxygens (including phenoxy) is 1. The third kappa shape index (κ3) is 3.35. The fourth-order valence-corrected chi connectivity index (χ4v) is 1.45. The highest BCUT2D eigenvalue weighted by atomic mass is 35.5. The summed E-state index contributed by atoms with van der Waals surface area (Å²) >= 11 is 0. The first-order chi connectivity index (χ1) is 8.86. The molecule has 1 atom stereocenters. The molecule has 110 valence electrons. The Morgan fingerprint density at radius 2 is 2.20 bits per heavy atom. The van der Waals surface area contributed by atoms with E-state index in [1.807, 2.05) is 0 Å². The van der Waals surface area contributed by atoms with Crippen LogP contribution in [0.3, 0.4) is 0 Å². The average Bonchev–Trinajstić information content (AvgIpc) is 2.38. The third-order valence-corrected chi connectivity index (χ3v) is 2.46. The number of hydrogen-bond donors (Lipinski definition) is 2. The molecule has 0 saturated heterocycles. The molecular formula is C12H13ClF2N2O3. The van der Waals surface area contributed by atoms with Crippen LogP contribution in [-0.2, 0) is 9.53 Å². The molecule has 0 aliphatic rings. The number of hydrogen-bond acceptors (Lipinski definition) is 5. The van der Waals surface area contributed by atoms with Crippen molar-refractivity contribution in [3.8, 4) is 11.8 Å². The number of carbonyl (C=O) groups is 1. The highest BCUT2D eigenvalue weighted by Crippen LogP contribution is 2.36. The predicted molar refractivity (Wildman–Crippen MR) is 68.6 cm³/mol. The summed E-state index contributed by atoms with van der Waals surface area (Å²) in [4.78, 5) is 11.1. The number of phenols is 1. The van der Waals surface area contributed by atoms with Crippen molar-refractivity contribution < 1.29 is 23.4 Å². The van der Waals surface area contributed by atoms with Gasteiger partial charge in [-0.05, 0) is 13.0 Å². The van der Waals surface area contributed by atoms with Crippen LogP contribution in [0.4, 0.5) is 8.78 Å². The van der Waals surface area contributed by atoms with E-state index >= 15 is 0 Å². The number of rotatable bonds is 4. The molecule has 0 amide bonds. The molecule has 1 aromatic carbocycles. The largest absolute Gasteiger partial charge is 0.506 e. The van der Waals surface area contributed by atoms with Crippen LogP contribution >= 0.6 is 12.4 Å². The van der Waals surface area contributed by atoms with Crippen molar-refractivity contribution in [1.82, 2.24) is 0 Å². The molecule has 5 nitrogen and oxygen atoms in total. The number of nitrogens with zero attached hydrogens (tertiary/aromatic N) is 1. The number of carbonyl (C=O) groups excluding carboxylic acids is 1. The molecule has 1 aromatic rings. The van der Waals surface area contributed by atoms with Gasteiger partial charge in [-0.25, -0.2) is 4.79 Å². The monoisotopic (exact) mass is 306 g/mol. The minimum atomic E-state index is -4.00. The van der Waals surface area contributed by atoms with Gasteiger partial charge in [-0.1, -0.05) is 12.1 Å². The van der Waals surface area contributed by atoms with Crippen LogP contribution < -0.4 is 5.73 Å². The van der Waals surface area contributed by atoms with Crippen molar-refractivity contribution in [2.75, 3.05) is 6.61 Å². The zero-order valence-corrected chi connectivity index (χ0v) is 11.3. The molecule has 0 aliphatic carbocycles. The second-order valence-corrected chi connectivity index (χ2v) is 3.68. The standard InChI is InChI=1S/C12H12F2N2O3.ClH/c1-2-19-11(18)12(13,14)10(16)8-5-3-4-7(6-15)9(8)17;/h3-5,10,17H,2,16H2,1H3;1H/t10-;/m0./s1. The van der Waals surface area contributed by atoms with Gasteiger partial charge in [0.1, 0.15) is 17.9 Å². The maximum absolute atomic E-state index is 13.7. The van der Waals surface area contributed by atoms with Gasteiger partial charge in [-0.3, -0.25) is 0 Å². The maximum atomic E-state index is 13.7. The normalized spacial score (nSPS) is 11.9. The minimum absolute atomic E-state index is 0. The Kier molecular flexibility index (Phi) is 6.36. The first-order valence-electron chi connectivity index (χ1n) is 5.38. The molecule has 0 unspecified atom stereocenters. The molecule has 0 aromatic heterocycles. The van der Waals surface area contributed by atoms with Crippen LogP contribution in [0.5, 0.6) is 5.75 Å². The number of para-hydroxylation sites is 1. The van der Waals surface area contributed by atoms with E-state index in [4.69, 9.17) is 11.0 Å². The van der Waals surface area contributed by atoms with Crippen molar-refractivity contribution in [2.45, 2.75) is 18.9 Å². The van der Waals surface area contributed by atoms with Gasteiger partial charge in [0.15, 0.2) is 0 Å². The Balaban J connectivity index is 0.00000361. The summed E-state index contributed by atoms with van der Waals surface area (Å²) in [5.41, 5.74) is 4.72. The van der Waals surface area contributed by atoms with Crippen molar-refractivity contribution in [2.24, 2.45) is 5.73 Å². The molecular weight excluding hydrogens is 294 g/mol. The van der Waals surface area contributed by atoms with Crippen LogP contribution in [0.15, 0.2) is 18.2 Å². The molecule has 0 saturated carbocycles. The molecule has 0 heterocycles. The number of benzene rings is 1. The van der Waals surface area contributed by atoms with E-state index in [0.717, 1.165) is 6.07 Å². The number of alkyl halides is 2. The molecule has 0 aliphatic heterocycles. The Bertz CT molecular complexity index is 532. The van der Waals surface area contributed by atoms with Crippen LogP contribution in [0.2, 0.25) is 0 Å². The number of nitriles is 1. The molecule has 0 bridgehead atoms. The van der Waals surface area contributed by atoms with Crippen molar-refractivity contribution in [3.05, 3.63) is 29.3 Å². The van der Waals surface area contributed by atoms with Gasteiger partial charge in [0.2, 0.25) is 0 Å². The minimum Gasteiger partial charge on any atom is -0.506 e. The van der Waals surface area contributed by atoms with E-state index in [0.29, 0.717) is 0 Å². The predicted octanol–water partition coefficient (Wildman–Crippen LogP) is 1.88. The quantitative estimate of drug-likeness (QED) is 0.828. The molecule has 0 radical (unpaired) electrons. The number of esters is 1. The van der Waals surface area contributed by atoms with Gasteiger partial charge in [-0.2, -0.15) is 14.0 Å². The molecule has 0 spiro atoms. The summed E-state index contributed by atoms with van der Waals surface area (Å²) in [6, 6.07) is 3.18. The Morgan fingerprint density at radius 3 is 2.70 bits per heavy atom. The van der Waals surface area contributed by atoms with Gasteiger partial charge >= 0.3 is 11.9 Å². The maximum Gasteiger partial charge on any atom is 0.379 e.